The number of aryl methyl sites for hydroxylation is 1. The minimum Gasteiger partial charge on any atom is -0.456 e. The summed E-state index contributed by atoms with van der Waals surface area (Å²) in [5.74, 6) is 1.10. The topological polar surface area (TPSA) is 39.4 Å². The minimum atomic E-state index is -0.359. The number of allylic oxidation sites excluding steroid dienone is 1. The van der Waals surface area contributed by atoms with E-state index in [1.54, 1.807) is 6.07 Å². The molecule has 1 aliphatic rings. The fourth-order valence-corrected chi connectivity index (χ4v) is 3.69. The summed E-state index contributed by atoms with van der Waals surface area (Å²) in [6.07, 6.45) is 2.01. The zero-order chi connectivity index (χ0) is 19.1. The van der Waals surface area contributed by atoms with Crippen molar-refractivity contribution in [3.05, 3.63) is 118 Å². The van der Waals surface area contributed by atoms with E-state index >= 15 is 0 Å². The first-order valence-corrected chi connectivity index (χ1v) is 9.28. The standard InChI is InChI=1S/C25H18O3/c1-16-11-13-18(14-12-16)22-15-20(17-7-3-2-4-8-17)23-24(27-22)19-9-5-6-10-21(19)28-25(23)26/h2-15,20H,1H3. The molecule has 1 unspecified atom stereocenters. The average Bonchev–Trinajstić information content (AvgIpc) is 2.74. The van der Waals surface area contributed by atoms with Crippen molar-refractivity contribution in [2.75, 3.05) is 0 Å². The van der Waals surface area contributed by atoms with Crippen molar-refractivity contribution in [2.45, 2.75) is 12.8 Å². The molecule has 0 fully saturated rings. The third-order valence-corrected chi connectivity index (χ3v) is 5.13. The molecule has 0 amide bonds. The Labute approximate surface area is 162 Å². The quantitative estimate of drug-likeness (QED) is 0.429. The SMILES string of the molecule is Cc1ccc(C2=CC(c3ccccc3)c3c(c4ccccc4oc3=O)O2)cc1. The van der Waals surface area contributed by atoms with E-state index in [0.717, 1.165) is 22.3 Å². The van der Waals surface area contributed by atoms with E-state index in [1.807, 2.05) is 66.7 Å². The summed E-state index contributed by atoms with van der Waals surface area (Å²) < 4.78 is 11.9. The first-order chi connectivity index (χ1) is 13.7. The first-order valence-electron chi connectivity index (χ1n) is 9.28. The van der Waals surface area contributed by atoms with E-state index < -0.39 is 0 Å². The molecule has 0 saturated carbocycles. The maximum Gasteiger partial charge on any atom is 0.344 e. The van der Waals surface area contributed by atoms with Crippen LogP contribution in [0.5, 0.6) is 5.75 Å². The van der Waals surface area contributed by atoms with Gasteiger partial charge in [0.25, 0.3) is 0 Å². The van der Waals surface area contributed by atoms with Gasteiger partial charge in [-0.25, -0.2) is 4.79 Å². The van der Waals surface area contributed by atoms with Gasteiger partial charge in [-0.05, 0) is 30.7 Å². The molecule has 1 atom stereocenters. The molecule has 0 radical (unpaired) electrons. The van der Waals surface area contributed by atoms with Crippen LogP contribution >= 0.6 is 0 Å². The molecule has 0 saturated heterocycles. The van der Waals surface area contributed by atoms with E-state index in [-0.39, 0.29) is 11.5 Å². The Morgan fingerprint density at radius 3 is 2.32 bits per heavy atom. The van der Waals surface area contributed by atoms with E-state index in [4.69, 9.17) is 9.15 Å². The summed E-state index contributed by atoms with van der Waals surface area (Å²) in [6, 6.07) is 25.7. The number of hydrogen-bond donors (Lipinski definition) is 0. The molecule has 0 aliphatic carbocycles. The molecular formula is C25H18O3. The number of para-hydroxylation sites is 1. The second-order valence-electron chi connectivity index (χ2n) is 7.02. The normalized spacial score (nSPS) is 15.6. The number of benzene rings is 3. The van der Waals surface area contributed by atoms with Gasteiger partial charge in [0.1, 0.15) is 17.1 Å². The molecule has 0 spiro atoms. The van der Waals surface area contributed by atoms with Crippen molar-refractivity contribution < 1.29 is 9.15 Å². The van der Waals surface area contributed by atoms with Gasteiger partial charge in [0.2, 0.25) is 0 Å². The molecule has 0 bridgehead atoms. The number of ether oxygens (including phenoxy) is 1. The van der Waals surface area contributed by atoms with Crippen LogP contribution < -0.4 is 10.4 Å². The van der Waals surface area contributed by atoms with Crippen molar-refractivity contribution in [3.63, 3.8) is 0 Å². The molecule has 1 aromatic heterocycles. The van der Waals surface area contributed by atoms with Crippen molar-refractivity contribution in [3.8, 4) is 5.75 Å². The Bertz CT molecular complexity index is 1250. The summed E-state index contributed by atoms with van der Waals surface area (Å²) in [6.45, 7) is 2.06. The van der Waals surface area contributed by atoms with Gasteiger partial charge >= 0.3 is 5.63 Å². The first kappa shape index (κ1) is 16.6. The Kier molecular flexibility index (Phi) is 3.87. The van der Waals surface area contributed by atoms with Gasteiger partial charge in [-0.3, -0.25) is 0 Å². The van der Waals surface area contributed by atoms with E-state index in [0.29, 0.717) is 16.9 Å². The van der Waals surface area contributed by atoms with Crippen molar-refractivity contribution in [1.82, 2.24) is 0 Å². The number of hydrogen-bond acceptors (Lipinski definition) is 3. The molecule has 4 aromatic rings. The Hall–Kier alpha value is -3.59. The van der Waals surface area contributed by atoms with Gasteiger partial charge in [-0.2, -0.15) is 0 Å². The highest BCUT2D eigenvalue weighted by Crippen LogP contribution is 2.42. The van der Waals surface area contributed by atoms with Crippen LogP contribution in [0.3, 0.4) is 0 Å². The van der Waals surface area contributed by atoms with E-state index in [1.165, 1.54) is 5.56 Å². The second kappa shape index (κ2) is 6.54. The maximum absolute atomic E-state index is 12.9. The summed E-state index contributed by atoms with van der Waals surface area (Å²) >= 11 is 0. The zero-order valence-corrected chi connectivity index (χ0v) is 15.4. The molecule has 3 nitrogen and oxygen atoms in total. The molecule has 28 heavy (non-hydrogen) atoms. The van der Waals surface area contributed by atoms with Gasteiger partial charge in [-0.1, -0.05) is 72.3 Å². The molecule has 3 aromatic carbocycles. The predicted octanol–water partition coefficient (Wildman–Crippen LogP) is 5.67. The Morgan fingerprint density at radius 2 is 1.54 bits per heavy atom. The highest BCUT2D eigenvalue weighted by atomic mass is 16.5. The summed E-state index contributed by atoms with van der Waals surface area (Å²) in [5, 5.41) is 0.802. The van der Waals surface area contributed by atoms with Crippen LogP contribution in [-0.4, -0.2) is 0 Å². The average molecular weight is 366 g/mol. The maximum atomic E-state index is 12.9. The monoisotopic (exact) mass is 366 g/mol. The van der Waals surface area contributed by atoms with E-state index in [9.17, 15) is 4.79 Å². The lowest BCUT2D eigenvalue weighted by Gasteiger charge is -2.25. The van der Waals surface area contributed by atoms with Crippen LogP contribution in [0, 0.1) is 6.92 Å². The summed E-state index contributed by atoms with van der Waals surface area (Å²) in [7, 11) is 0. The second-order valence-corrected chi connectivity index (χ2v) is 7.02. The number of rotatable bonds is 2. The van der Waals surface area contributed by atoms with E-state index in [2.05, 4.69) is 19.1 Å². The molecule has 136 valence electrons. The van der Waals surface area contributed by atoms with Crippen molar-refractivity contribution in [1.29, 1.82) is 0 Å². The zero-order valence-electron chi connectivity index (χ0n) is 15.4. The van der Waals surface area contributed by atoms with Crippen molar-refractivity contribution >= 4 is 16.7 Å². The third-order valence-electron chi connectivity index (χ3n) is 5.13. The fraction of sp³-hybridized carbons (Fsp3) is 0.0800. The van der Waals surface area contributed by atoms with Gasteiger partial charge in [0.15, 0.2) is 0 Å². The summed E-state index contributed by atoms with van der Waals surface area (Å²) in [4.78, 5) is 12.9. The smallest absolute Gasteiger partial charge is 0.344 e. The largest absolute Gasteiger partial charge is 0.456 e. The molecular weight excluding hydrogens is 348 g/mol. The predicted molar refractivity (Wildman–Crippen MR) is 111 cm³/mol. The minimum absolute atomic E-state index is 0.234. The Balaban J connectivity index is 1.78. The Morgan fingerprint density at radius 1 is 0.821 bits per heavy atom. The van der Waals surface area contributed by atoms with Gasteiger partial charge in [-0.15, -0.1) is 0 Å². The van der Waals surface area contributed by atoms with Gasteiger partial charge in [0, 0.05) is 11.5 Å². The highest BCUT2D eigenvalue weighted by molar-refractivity contribution is 5.87. The van der Waals surface area contributed by atoms with Crippen molar-refractivity contribution in [2.24, 2.45) is 0 Å². The molecule has 5 rings (SSSR count). The van der Waals surface area contributed by atoms with Crippen LogP contribution in [0.15, 0.2) is 94.2 Å². The van der Waals surface area contributed by atoms with Crippen LogP contribution in [0.25, 0.3) is 16.7 Å². The lowest BCUT2D eigenvalue weighted by molar-refractivity contribution is 0.472. The van der Waals surface area contributed by atoms with Crippen LogP contribution in [0.1, 0.15) is 28.2 Å². The third kappa shape index (κ3) is 2.72. The lowest BCUT2D eigenvalue weighted by Crippen LogP contribution is -2.19. The molecule has 0 N–H and O–H groups in total. The number of fused-ring (bicyclic) bond motifs is 3. The van der Waals surface area contributed by atoms with Gasteiger partial charge < -0.3 is 9.15 Å². The molecule has 2 heterocycles. The van der Waals surface area contributed by atoms with Crippen LogP contribution in [0.4, 0.5) is 0 Å². The summed E-state index contributed by atoms with van der Waals surface area (Å²) in [5.41, 5.74) is 3.91. The van der Waals surface area contributed by atoms with Gasteiger partial charge in [0.05, 0.1) is 10.9 Å². The van der Waals surface area contributed by atoms with Crippen LogP contribution in [0.2, 0.25) is 0 Å². The lowest BCUT2D eigenvalue weighted by atomic mass is 9.88. The molecule has 3 heteroatoms. The highest BCUT2D eigenvalue weighted by Gasteiger charge is 2.30. The fourth-order valence-electron chi connectivity index (χ4n) is 3.69. The van der Waals surface area contributed by atoms with Crippen LogP contribution in [-0.2, 0) is 0 Å². The molecule has 1 aliphatic heterocycles.